The molecule has 3 N–H and O–H groups in total. The molecule has 1 aliphatic carbocycles. The van der Waals surface area contributed by atoms with E-state index in [2.05, 4.69) is 5.32 Å². The summed E-state index contributed by atoms with van der Waals surface area (Å²) in [7, 11) is 0. The first-order chi connectivity index (χ1) is 6.66. The third-order valence-corrected chi connectivity index (χ3v) is 2.22. The van der Waals surface area contributed by atoms with Gasteiger partial charge in [0.25, 0.3) is 5.91 Å². The summed E-state index contributed by atoms with van der Waals surface area (Å²) in [6, 6.07) is 3.15. The van der Waals surface area contributed by atoms with Crippen LogP contribution in [0.1, 0.15) is 16.8 Å². The molecule has 1 heterocycles. The molecule has 0 spiro atoms. The van der Waals surface area contributed by atoms with Gasteiger partial charge in [0.1, 0.15) is 0 Å². The Kier molecular flexibility index (Phi) is 3.49. The summed E-state index contributed by atoms with van der Waals surface area (Å²) in [6.07, 6.45) is 3.42. The number of halogens is 1. The first-order valence-electron chi connectivity index (χ1n) is 4.42. The predicted molar refractivity (Wildman–Crippen MR) is 56.5 cm³/mol. The predicted octanol–water partition coefficient (Wildman–Crippen LogP) is -0.429. The second kappa shape index (κ2) is 4.46. The Hall–Kier alpha value is -1.33. The lowest BCUT2D eigenvalue weighted by molar-refractivity contribution is -0.605. The number of hydrogen-bond acceptors (Lipinski definition) is 3. The number of carbonyl (C=O) groups is 1. The van der Waals surface area contributed by atoms with Gasteiger partial charge in [-0.1, -0.05) is 0 Å². The van der Waals surface area contributed by atoms with E-state index in [1.54, 1.807) is 0 Å². The Labute approximate surface area is 93.3 Å². The highest BCUT2D eigenvalue weighted by atomic mass is 35.5. The quantitative estimate of drug-likeness (QED) is 0.533. The number of nitrogens with one attached hydrogen (secondary N) is 1. The van der Waals surface area contributed by atoms with Crippen molar-refractivity contribution >= 4 is 18.3 Å². The van der Waals surface area contributed by atoms with Crippen LogP contribution in [0.4, 0.5) is 0 Å². The van der Waals surface area contributed by atoms with Crippen molar-refractivity contribution in [2.75, 3.05) is 0 Å². The van der Waals surface area contributed by atoms with Crippen LogP contribution in [0, 0.1) is 5.21 Å². The standard InChI is InChI=1S/C9H11N3O2.ClH/c10-7-5-8(7)11-9(13)6-1-3-12(14)4-2-6;/h1-4,7-8H,5,10H2,(H,11,13);1H. The minimum atomic E-state index is -0.177. The van der Waals surface area contributed by atoms with Crippen molar-refractivity contribution < 1.29 is 9.52 Å². The first-order valence-corrected chi connectivity index (χ1v) is 4.42. The number of nitrogens with zero attached hydrogens (tertiary/aromatic N) is 1. The lowest BCUT2D eigenvalue weighted by Gasteiger charge is -2.02. The number of amides is 1. The van der Waals surface area contributed by atoms with E-state index in [1.807, 2.05) is 0 Å². The Morgan fingerprint density at radius 1 is 1.53 bits per heavy atom. The zero-order valence-electron chi connectivity index (χ0n) is 7.92. The number of aromatic nitrogens is 1. The summed E-state index contributed by atoms with van der Waals surface area (Å²) < 4.78 is 0.639. The molecule has 2 unspecified atom stereocenters. The highest BCUT2D eigenvalue weighted by molar-refractivity contribution is 5.94. The van der Waals surface area contributed by atoms with E-state index in [1.165, 1.54) is 24.5 Å². The maximum Gasteiger partial charge on any atom is 0.252 e. The molecule has 6 heteroatoms. The molecule has 0 radical (unpaired) electrons. The third-order valence-electron chi connectivity index (χ3n) is 2.22. The highest BCUT2D eigenvalue weighted by Crippen LogP contribution is 2.18. The van der Waals surface area contributed by atoms with Gasteiger partial charge in [0.15, 0.2) is 12.4 Å². The molecule has 15 heavy (non-hydrogen) atoms. The summed E-state index contributed by atoms with van der Waals surface area (Å²) in [5.74, 6) is -0.177. The van der Waals surface area contributed by atoms with E-state index in [-0.39, 0.29) is 30.4 Å². The largest absolute Gasteiger partial charge is 0.619 e. The van der Waals surface area contributed by atoms with E-state index in [0.717, 1.165) is 6.42 Å². The smallest absolute Gasteiger partial charge is 0.252 e. The van der Waals surface area contributed by atoms with E-state index in [4.69, 9.17) is 5.73 Å². The van der Waals surface area contributed by atoms with Crippen molar-refractivity contribution in [3.05, 3.63) is 35.3 Å². The van der Waals surface area contributed by atoms with Gasteiger partial charge in [0.2, 0.25) is 0 Å². The molecular weight excluding hydrogens is 218 g/mol. The van der Waals surface area contributed by atoms with Crippen LogP contribution in [0.25, 0.3) is 0 Å². The fraction of sp³-hybridized carbons (Fsp3) is 0.333. The van der Waals surface area contributed by atoms with Gasteiger partial charge >= 0.3 is 0 Å². The summed E-state index contributed by atoms with van der Waals surface area (Å²) in [5, 5.41) is 13.5. The minimum Gasteiger partial charge on any atom is -0.619 e. The molecule has 0 aliphatic heterocycles. The van der Waals surface area contributed by atoms with Crippen LogP contribution in [0.3, 0.4) is 0 Å². The molecule has 82 valence electrons. The Morgan fingerprint density at radius 3 is 2.53 bits per heavy atom. The van der Waals surface area contributed by atoms with Crippen LogP contribution < -0.4 is 15.8 Å². The molecule has 1 amide bonds. The van der Waals surface area contributed by atoms with Crippen molar-refractivity contribution in [3.8, 4) is 0 Å². The number of hydrogen-bond donors (Lipinski definition) is 2. The van der Waals surface area contributed by atoms with Crippen molar-refractivity contribution in [3.63, 3.8) is 0 Å². The van der Waals surface area contributed by atoms with Crippen LogP contribution in [-0.4, -0.2) is 18.0 Å². The van der Waals surface area contributed by atoms with Gasteiger partial charge in [-0.25, -0.2) is 0 Å². The average molecular weight is 230 g/mol. The van der Waals surface area contributed by atoms with Gasteiger partial charge < -0.3 is 16.3 Å². The summed E-state index contributed by atoms with van der Waals surface area (Å²) in [6.45, 7) is 0. The second-order valence-electron chi connectivity index (χ2n) is 3.43. The van der Waals surface area contributed by atoms with Crippen molar-refractivity contribution in [1.29, 1.82) is 0 Å². The third kappa shape index (κ3) is 2.81. The molecule has 1 aromatic rings. The summed E-state index contributed by atoms with van der Waals surface area (Å²) in [4.78, 5) is 11.5. The van der Waals surface area contributed by atoms with Gasteiger partial charge in [-0.2, -0.15) is 4.73 Å². The maximum absolute atomic E-state index is 11.5. The lowest BCUT2D eigenvalue weighted by atomic mass is 10.2. The Balaban J connectivity index is 0.00000112. The van der Waals surface area contributed by atoms with Crippen LogP contribution >= 0.6 is 12.4 Å². The summed E-state index contributed by atoms with van der Waals surface area (Å²) in [5.41, 5.74) is 6.03. The van der Waals surface area contributed by atoms with Crippen LogP contribution in [-0.2, 0) is 0 Å². The van der Waals surface area contributed by atoms with Crippen molar-refractivity contribution in [2.45, 2.75) is 18.5 Å². The van der Waals surface area contributed by atoms with E-state index in [0.29, 0.717) is 10.3 Å². The van der Waals surface area contributed by atoms with Gasteiger partial charge in [0.05, 0.1) is 5.56 Å². The van der Waals surface area contributed by atoms with E-state index >= 15 is 0 Å². The van der Waals surface area contributed by atoms with Gasteiger partial charge in [-0.05, 0) is 6.42 Å². The molecule has 1 aromatic heterocycles. The zero-order chi connectivity index (χ0) is 10.1. The first kappa shape index (κ1) is 11.7. The summed E-state index contributed by atoms with van der Waals surface area (Å²) >= 11 is 0. The van der Waals surface area contributed by atoms with Gasteiger partial charge in [-0.15, -0.1) is 12.4 Å². The number of rotatable bonds is 2. The fourth-order valence-electron chi connectivity index (χ4n) is 1.20. The molecule has 0 aromatic carbocycles. The van der Waals surface area contributed by atoms with Gasteiger partial charge in [0, 0.05) is 24.2 Å². The molecule has 5 nitrogen and oxygen atoms in total. The average Bonchev–Trinajstić information content (AvgIpc) is 2.82. The Bertz CT molecular complexity index is 355. The van der Waals surface area contributed by atoms with Crippen molar-refractivity contribution in [1.82, 2.24) is 5.32 Å². The molecule has 1 saturated carbocycles. The molecule has 2 atom stereocenters. The van der Waals surface area contributed by atoms with Gasteiger partial charge in [-0.3, -0.25) is 4.79 Å². The molecule has 0 saturated heterocycles. The zero-order valence-corrected chi connectivity index (χ0v) is 8.74. The number of nitrogens with two attached hydrogens (primary N) is 1. The highest BCUT2D eigenvalue weighted by Gasteiger charge is 2.34. The second-order valence-corrected chi connectivity index (χ2v) is 3.43. The molecule has 1 aliphatic rings. The number of pyridine rings is 1. The normalized spacial score (nSPS) is 22.7. The van der Waals surface area contributed by atoms with E-state index in [9.17, 15) is 10.0 Å². The minimum absolute atomic E-state index is 0. The Morgan fingerprint density at radius 2 is 2.07 bits per heavy atom. The molecule has 2 rings (SSSR count). The maximum atomic E-state index is 11.5. The molecule has 1 fully saturated rings. The topological polar surface area (TPSA) is 82.1 Å². The number of carbonyl (C=O) groups excluding carboxylic acids is 1. The van der Waals surface area contributed by atoms with Crippen LogP contribution in [0.15, 0.2) is 24.5 Å². The van der Waals surface area contributed by atoms with E-state index < -0.39 is 0 Å². The van der Waals surface area contributed by atoms with Crippen molar-refractivity contribution in [2.24, 2.45) is 5.73 Å². The van der Waals surface area contributed by atoms with Crippen LogP contribution in [0.2, 0.25) is 0 Å². The van der Waals surface area contributed by atoms with Crippen LogP contribution in [0.5, 0.6) is 0 Å². The molecular formula is C9H12ClN3O2. The molecule has 0 bridgehead atoms. The SMILES string of the molecule is Cl.NC1CC1NC(=O)c1cc[n+]([O-])cc1. The fourth-order valence-corrected chi connectivity index (χ4v) is 1.20. The monoisotopic (exact) mass is 229 g/mol. The lowest BCUT2D eigenvalue weighted by Crippen LogP contribution is -2.31.